The zero-order chi connectivity index (χ0) is 12.0. The van der Waals surface area contributed by atoms with Gasteiger partial charge in [-0.15, -0.1) is 0 Å². The zero-order valence-corrected chi connectivity index (χ0v) is 9.40. The minimum atomic E-state index is -0.310. The number of carbonyl (C=O) groups is 2. The molecule has 0 aromatic heterocycles. The van der Waals surface area contributed by atoms with Crippen LogP contribution in [0.1, 0.15) is 13.3 Å². The smallest absolute Gasteiger partial charge is 0.307 e. The van der Waals surface area contributed by atoms with Crippen molar-refractivity contribution in [3.63, 3.8) is 0 Å². The maximum absolute atomic E-state index is 11.6. The predicted molar refractivity (Wildman–Crippen MR) is 56.5 cm³/mol. The third-order valence-electron chi connectivity index (χ3n) is 2.39. The summed E-state index contributed by atoms with van der Waals surface area (Å²) in [5.74, 6) is -0.772. The Labute approximate surface area is 94.5 Å². The Morgan fingerprint density at radius 2 is 2.25 bits per heavy atom. The average molecular weight is 230 g/mol. The van der Waals surface area contributed by atoms with Gasteiger partial charge >= 0.3 is 5.97 Å². The van der Waals surface area contributed by atoms with E-state index in [9.17, 15) is 9.59 Å². The van der Waals surface area contributed by atoms with Crippen molar-refractivity contribution in [3.8, 4) is 0 Å². The Kier molecular flexibility index (Phi) is 5.21. The molecule has 16 heavy (non-hydrogen) atoms. The average Bonchev–Trinajstić information content (AvgIpc) is 2.64. The van der Waals surface area contributed by atoms with Crippen molar-refractivity contribution in [3.05, 3.63) is 0 Å². The molecule has 1 amide bonds. The summed E-state index contributed by atoms with van der Waals surface area (Å²) < 4.78 is 9.81. The van der Waals surface area contributed by atoms with Gasteiger partial charge in [0.25, 0.3) is 0 Å². The maximum atomic E-state index is 11.6. The van der Waals surface area contributed by atoms with Crippen molar-refractivity contribution < 1.29 is 19.1 Å². The van der Waals surface area contributed by atoms with Gasteiger partial charge in [-0.1, -0.05) is 0 Å². The van der Waals surface area contributed by atoms with Crippen LogP contribution in [0.5, 0.6) is 0 Å². The van der Waals surface area contributed by atoms with E-state index in [1.165, 1.54) is 0 Å². The summed E-state index contributed by atoms with van der Waals surface area (Å²) >= 11 is 0. The van der Waals surface area contributed by atoms with E-state index in [2.05, 4.69) is 5.32 Å². The van der Waals surface area contributed by atoms with Gasteiger partial charge in [0.05, 0.1) is 32.2 Å². The summed E-state index contributed by atoms with van der Waals surface area (Å²) in [6, 6.07) is -0.248. The van der Waals surface area contributed by atoms with E-state index in [0.29, 0.717) is 19.8 Å². The van der Waals surface area contributed by atoms with Gasteiger partial charge in [-0.2, -0.15) is 0 Å². The molecule has 0 bridgehead atoms. The van der Waals surface area contributed by atoms with Crippen LogP contribution in [0.2, 0.25) is 0 Å². The minimum Gasteiger partial charge on any atom is -0.466 e. The summed E-state index contributed by atoms with van der Waals surface area (Å²) in [4.78, 5) is 22.6. The van der Waals surface area contributed by atoms with Crippen LogP contribution < -0.4 is 11.1 Å². The monoisotopic (exact) mass is 230 g/mol. The molecule has 1 fully saturated rings. The van der Waals surface area contributed by atoms with Crippen LogP contribution in [0.3, 0.4) is 0 Å². The highest BCUT2D eigenvalue weighted by Gasteiger charge is 2.30. The lowest BCUT2D eigenvalue weighted by Gasteiger charge is -2.12. The van der Waals surface area contributed by atoms with Gasteiger partial charge in [0, 0.05) is 12.6 Å². The van der Waals surface area contributed by atoms with Gasteiger partial charge in [0.15, 0.2) is 0 Å². The van der Waals surface area contributed by atoms with Crippen molar-refractivity contribution in [1.29, 1.82) is 0 Å². The fraction of sp³-hybridized carbons (Fsp3) is 0.800. The molecule has 0 aromatic carbocycles. The second-order valence-electron chi connectivity index (χ2n) is 3.65. The Balaban J connectivity index is 2.17. The van der Waals surface area contributed by atoms with Crippen LogP contribution in [0.15, 0.2) is 0 Å². The van der Waals surface area contributed by atoms with Gasteiger partial charge in [0.1, 0.15) is 0 Å². The molecule has 1 saturated heterocycles. The van der Waals surface area contributed by atoms with E-state index in [0.717, 1.165) is 0 Å². The molecule has 3 N–H and O–H groups in total. The molecule has 0 aliphatic carbocycles. The third-order valence-corrected chi connectivity index (χ3v) is 2.39. The lowest BCUT2D eigenvalue weighted by atomic mass is 10.0. The molecule has 1 aliphatic heterocycles. The summed E-state index contributed by atoms with van der Waals surface area (Å²) in [6.07, 6.45) is 0.183. The second kappa shape index (κ2) is 6.44. The Morgan fingerprint density at radius 3 is 2.81 bits per heavy atom. The van der Waals surface area contributed by atoms with Gasteiger partial charge in [-0.3, -0.25) is 9.59 Å². The molecule has 0 spiro atoms. The van der Waals surface area contributed by atoms with E-state index >= 15 is 0 Å². The van der Waals surface area contributed by atoms with Crippen molar-refractivity contribution in [2.45, 2.75) is 19.4 Å². The first-order chi connectivity index (χ1) is 7.65. The van der Waals surface area contributed by atoms with Crippen LogP contribution in [-0.2, 0) is 19.1 Å². The Morgan fingerprint density at radius 1 is 1.50 bits per heavy atom. The highest BCUT2D eigenvalue weighted by molar-refractivity contribution is 5.80. The molecule has 2 unspecified atom stereocenters. The number of hydrogen-bond donors (Lipinski definition) is 2. The standard InChI is InChI=1S/C10H18N2O4/c1-2-16-9(13)3-4-12-10(14)7-5-15-6-8(7)11/h7-8H,2-6,11H2,1H3,(H,12,14). The first-order valence-corrected chi connectivity index (χ1v) is 5.41. The molecular weight excluding hydrogens is 212 g/mol. The van der Waals surface area contributed by atoms with Crippen molar-refractivity contribution >= 4 is 11.9 Å². The Bertz CT molecular complexity index is 257. The van der Waals surface area contributed by atoms with Crippen LogP contribution >= 0.6 is 0 Å². The molecule has 6 heteroatoms. The number of esters is 1. The Hall–Kier alpha value is -1.14. The van der Waals surface area contributed by atoms with Crippen molar-refractivity contribution in [2.75, 3.05) is 26.4 Å². The first-order valence-electron chi connectivity index (χ1n) is 5.41. The van der Waals surface area contributed by atoms with Crippen molar-refractivity contribution in [2.24, 2.45) is 11.7 Å². The predicted octanol–water partition coefficient (Wildman–Crippen LogP) is -0.970. The number of ether oxygens (including phenoxy) is 2. The number of hydrogen-bond acceptors (Lipinski definition) is 5. The summed E-state index contributed by atoms with van der Waals surface area (Å²) in [7, 11) is 0. The third kappa shape index (κ3) is 3.79. The summed E-state index contributed by atoms with van der Waals surface area (Å²) in [5.41, 5.74) is 5.68. The molecular formula is C10H18N2O4. The maximum Gasteiger partial charge on any atom is 0.307 e. The topological polar surface area (TPSA) is 90.6 Å². The van der Waals surface area contributed by atoms with Crippen LogP contribution in [0.25, 0.3) is 0 Å². The summed E-state index contributed by atoms with van der Waals surface area (Å²) in [6.45, 7) is 3.14. The largest absolute Gasteiger partial charge is 0.466 e. The fourth-order valence-electron chi connectivity index (χ4n) is 1.49. The zero-order valence-electron chi connectivity index (χ0n) is 9.40. The molecule has 0 saturated carbocycles. The number of nitrogens with one attached hydrogen (secondary N) is 1. The number of nitrogens with two attached hydrogens (primary N) is 1. The van der Waals surface area contributed by atoms with Gasteiger partial charge in [-0.25, -0.2) is 0 Å². The molecule has 0 radical (unpaired) electrons. The second-order valence-corrected chi connectivity index (χ2v) is 3.65. The molecule has 1 heterocycles. The van der Waals surface area contributed by atoms with Crippen molar-refractivity contribution in [1.82, 2.24) is 5.32 Å². The van der Waals surface area contributed by atoms with E-state index in [1.807, 2.05) is 0 Å². The minimum absolute atomic E-state index is 0.158. The molecule has 1 aliphatic rings. The van der Waals surface area contributed by atoms with E-state index in [4.69, 9.17) is 15.2 Å². The van der Waals surface area contributed by atoms with Gasteiger partial charge in [0.2, 0.25) is 5.91 Å². The first kappa shape index (κ1) is 12.9. The number of carbonyl (C=O) groups excluding carboxylic acids is 2. The molecule has 2 atom stereocenters. The molecule has 92 valence electrons. The van der Waals surface area contributed by atoms with E-state index in [1.54, 1.807) is 6.92 Å². The fourth-order valence-corrected chi connectivity index (χ4v) is 1.49. The van der Waals surface area contributed by atoms with Gasteiger partial charge < -0.3 is 20.5 Å². The van der Waals surface area contributed by atoms with Crippen LogP contribution in [0.4, 0.5) is 0 Å². The van der Waals surface area contributed by atoms with E-state index < -0.39 is 0 Å². The van der Waals surface area contributed by atoms with Crippen LogP contribution in [0, 0.1) is 5.92 Å². The molecule has 0 aromatic rings. The quantitative estimate of drug-likeness (QED) is 0.593. The lowest BCUT2D eigenvalue weighted by Crippen LogP contribution is -2.41. The lowest BCUT2D eigenvalue weighted by molar-refractivity contribution is -0.143. The SMILES string of the molecule is CCOC(=O)CCNC(=O)C1COCC1N. The van der Waals surface area contributed by atoms with Crippen LogP contribution in [-0.4, -0.2) is 44.3 Å². The van der Waals surface area contributed by atoms with E-state index in [-0.39, 0.29) is 36.8 Å². The molecule has 6 nitrogen and oxygen atoms in total. The van der Waals surface area contributed by atoms with Gasteiger partial charge in [-0.05, 0) is 6.92 Å². The number of rotatable bonds is 5. The number of amides is 1. The molecule has 1 rings (SSSR count). The highest BCUT2D eigenvalue weighted by atomic mass is 16.5. The highest BCUT2D eigenvalue weighted by Crippen LogP contribution is 2.11. The summed E-state index contributed by atoms with van der Waals surface area (Å²) in [5, 5.41) is 2.64. The normalized spacial score (nSPS) is 24.1.